The number of nitrogens with zero attached hydrogens (tertiary/aromatic N) is 3. The lowest BCUT2D eigenvalue weighted by Crippen LogP contribution is -2.30. The van der Waals surface area contributed by atoms with Crippen LogP contribution in [0, 0.1) is 12.7 Å². The normalized spacial score (nSPS) is 12.8. The summed E-state index contributed by atoms with van der Waals surface area (Å²) in [4.78, 5) is 6.03. The van der Waals surface area contributed by atoms with E-state index in [0.717, 1.165) is 22.4 Å². The quantitative estimate of drug-likeness (QED) is 0.529. The van der Waals surface area contributed by atoms with Gasteiger partial charge in [-0.2, -0.15) is 0 Å². The molecule has 2 aromatic carbocycles. The van der Waals surface area contributed by atoms with Crippen molar-refractivity contribution in [1.82, 2.24) is 10.1 Å². The number of aliphatic imine (C=N–C) groups is 1. The number of hydrogen-bond acceptors (Lipinski definition) is 3. The molecule has 0 aliphatic heterocycles. The molecular formula is C22H25FN4O. The van der Waals surface area contributed by atoms with Gasteiger partial charge in [0.2, 0.25) is 0 Å². The lowest BCUT2D eigenvalue weighted by molar-refractivity contribution is 0.369. The smallest absolute Gasteiger partial charge is 0.191 e. The van der Waals surface area contributed by atoms with Crippen molar-refractivity contribution >= 4 is 5.96 Å². The summed E-state index contributed by atoms with van der Waals surface area (Å²) in [6, 6.07) is 14.8. The van der Waals surface area contributed by atoms with Crippen molar-refractivity contribution in [2.75, 3.05) is 14.1 Å². The second-order valence-electron chi connectivity index (χ2n) is 7.01. The number of benzene rings is 2. The number of rotatable bonds is 5. The molecule has 3 rings (SSSR count). The van der Waals surface area contributed by atoms with Crippen molar-refractivity contribution in [3.05, 3.63) is 76.9 Å². The van der Waals surface area contributed by atoms with E-state index in [1.165, 1.54) is 0 Å². The molecule has 1 aromatic heterocycles. The van der Waals surface area contributed by atoms with E-state index in [2.05, 4.69) is 10.1 Å². The van der Waals surface area contributed by atoms with Crippen molar-refractivity contribution < 1.29 is 8.91 Å². The molecule has 3 aromatic rings. The predicted molar refractivity (Wildman–Crippen MR) is 110 cm³/mol. The Bertz CT molecular complexity index is 979. The average Bonchev–Trinajstić information content (AvgIpc) is 3.06. The molecule has 0 bridgehead atoms. The molecule has 1 heterocycles. The van der Waals surface area contributed by atoms with Gasteiger partial charge in [0.05, 0.1) is 6.54 Å². The van der Waals surface area contributed by atoms with Crippen molar-refractivity contribution in [3.63, 3.8) is 0 Å². The Morgan fingerprint density at radius 2 is 1.93 bits per heavy atom. The van der Waals surface area contributed by atoms with Gasteiger partial charge in [-0.3, -0.25) is 0 Å². The van der Waals surface area contributed by atoms with Crippen LogP contribution in [-0.4, -0.2) is 30.1 Å². The van der Waals surface area contributed by atoms with Crippen LogP contribution in [0.3, 0.4) is 0 Å². The first-order valence-corrected chi connectivity index (χ1v) is 9.15. The van der Waals surface area contributed by atoms with Gasteiger partial charge in [0, 0.05) is 31.1 Å². The van der Waals surface area contributed by atoms with Gasteiger partial charge in [0.25, 0.3) is 0 Å². The van der Waals surface area contributed by atoms with Gasteiger partial charge >= 0.3 is 0 Å². The molecule has 0 amide bonds. The Morgan fingerprint density at radius 3 is 2.57 bits per heavy atom. The van der Waals surface area contributed by atoms with Crippen LogP contribution in [0.1, 0.15) is 35.4 Å². The van der Waals surface area contributed by atoms with E-state index in [-0.39, 0.29) is 11.7 Å². The highest BCUT2D eigenvalue weighted by atomic mass is 19.1. The van der Waals surface area contributed by atoms with Crippen molar-refractivity contribution in [2.24, 2.45) is 10.7 Å². The van der Waals surface area contributed by atoms with Crippen LogP contribution < -0.4 is 5.73 Å². The first-order chi connectivity index (χ1) is 13.4. The van der Waals surface area contributed by atoms with Crippen LogP contribution in [-0.2, 0) is 6.54 Å². The van der Waals surface area contributed by atoms with Gasteiger partial charge in [-0.05, 0) is 24.1 Å². The second kappa shape index (κ2) is 8.25. The Labute approximate surface area is 164 Å². The maximum Gasteiger partial charge on any atom is 0.191 e. The lowest BCUT2D eigenvalue weighted by Gasteiger charge is -2.12. The molecule has 2 N–H and O–H groups in total. The summed E-state index contributed by atoms with van der Waals surface area (Å²) in [5, 5.41) is 4.13. The second-order valence-corrected chi connectivity index (χ2v) is 7.01. The number of hydrogen-bond donors (Lipinski definition) is 1. The molecule has 0 spiro atoms. The van der Waals surface area contributed by atoms with E-state index in [1.54, 1.807) is 11.0 Å². The van der Waals surface area contributed by atoms with Crippen molar-refractivity contribution in [3.8, 4) is 11.1 Å². The molecule has 5 nitrogen and oxygen atoms in total. The zero-order valence-corrected chi connectivity index (χ0v) is 16.6. The molecule has 0 aliphatic carbocycles. The molecule has 0 fully saturated rings. The minimum atomic E-state index is -0.253. The molecule has 0 radical (unpaired) electrons. The van der Waals surface area contributed by atoms with Crippen LogP contribution in [0.2, 0.25) is 0 Å². The predicted octanol–water partition coefficient (Wildman–Crippen LogP) is 4.32. The van der Waals surface area contributed by atoms with E-state index in [1.807, 2.05) is 70.4 Å². The van der Waals surface area contributed by atoms with Gasteiger partial charge in [-0.15, -0.1) is 0 Å². The first-order valence-electron chi connectivity index (χ1n) is 9.15. The Morgan fingerprint density at radius 1 is 1.21 bits per heavy atom. The molecule has 28 heavy (non-hydrogen) atoms. The fourth-order valence-corrected chi connectivity index (χ4v) is 3.04. The number of halogens is 1. The van der Waals surface area contributed by atoms with E-state index in [4.69, 9.17) is 10.3 Å². The molecular weight excluding hydrogens is 355 g/mol. The maximum atomic E-state index is 14.7. The largest absolute Gasteiger partial charge is 0.370 e. The summed E-state index contributed by atoms with van der Waals surface area (Å²) in [5.74, 6) is 0.753. The average molecular weight is 380 g/mol. The summed E-state index contributed by atoms with van der Waals surface area (Å²) in [6.45, 7) is 4.26. The number of aromatic nitrogens is 1. The lowest BCUT2D eigenvalue weighted by atomic mass is 9.93. The topological polar surface area (TPSA) is 67.7 Å². The first kappa shape index (κ1) is 19.6. The van der Waals surface area contributed by atoms with Crippen LogP contribution >= 0.6 is 0 Å². The van der Waals surface area contributed by atoms with Crippen LogP contribution in [0.4, 0.5) is 4.39 Å². The zero-order valence-electron chi connectivity index (χ0n) is 16.6. The standard InChI is InChI=1S/C22H25FN4O/c1-14(21-15(2)20(26-28-21)13-25-22(24)27(3)4)17-10-11-18(19(23)12-17)16-8-6-5-7-9-16/h5-12,14H,13H2,1-4H3,(H2,24,25). The highest BCUT2D eigenvalue weighted by Crippen LogP contribution is 2.31. The molecule has 0 aliphatic rings. The Kier molecular flexibility index (Phi) is 5.78. The molecule has 146 valence electrons. The molecule has 0 saturated carbocycles. The van der Waals surface area contributed by atoms with Crippen molar-refractivity contribution in [1.29, 1.82) is 0 Å². The minimum Gasteiger partial charge on any atom is -0.370 e. The highest BCUT2D eigenvalue weighted by molar-refractivity contribution is 5.77. The molecule has 0 saturated heterocycles. The SMILES string of the molecule is Cc1c(CN=C(N)N(C)C)noc1C(C)c1ccc(-c2ccccc2)c(F)c1. The van der Waals surface area contributed by atoms with E-state index in [0.29, 0.717) is 23.8 Å². The fourth-order valence-electron chi connectivity index (χ4n) is 3.04. The van der Waals surface area contributed by atoms with Gasteiger partial charge < -0.3 is 15.2 Å². The highest BCUT2D eigenvalue weighted by Gasteiger charge is 2.20. The molecule has 6 heteroatoms. The summed E-state index contributed by atoms with van der Waals surface area (Å²) in [6.07, 6.45) is 0. The van der Waals surface area contributed by atoms with Crippen LogP contribution in [0.5, 0.6) is 0 Å². The van der Waals surface area contributed by atoms with Gasteiger partial charge in [0.1, 0.15) is 17.3 Å². The van der Waals surface area contributed by atoms with Gasteiger partial charge in [0.15, 0.2) is 5.96 Å². The third-order valence-electron chi connectivity index (χ3n) is 4.88. The summed E-state index contributed by atoms with van der Waals surface area (Å²) < 4.78 is 20.3. The van der Waals surface area contributed by atoms with E-state index in [9.17, 15) is 4.39 Å². The fraction of sp³-hybridized carbons (Fsp3) is 0.273. The summed E-state index contributed by atoms with van der Waals surface area (Å²) in [7, 11) is 3.66. The van der Waals surface area contributed by atoms with Crippen LogP contribution in [0.15, 0.2) is 58.0 Å². The monoisotopic (exact) mass is 380 g/mol. The van der Waals surface area contributed by atoms with Crippen molar-refractivity contribution in [2.45, 2.75) is 26.3 Å². The zero-order chi connectivity index (χ0) is 20.3. The maximum absolute atomic E-state index is 14.7. The van der Waals surface area contributed by atoms with Gasteiger partial charge in [-0.1, -0.05) is 54.5 Å². The summed E-state index contributed by atoms with van der Waals surface area (Å²) >= 11 is 0. The molecule has 1 atom stereocenters. The number of nitrogens with two attached hydrogens (primary N) is 1. The molecule has 1 unspecified atom stereocenters. The number of guanidine groups is 1. The van der Waals surface area contributed by atoms with E-state index < -0.39 is 0 Å². The third-order valence-corrected chi connectivity index (χ3v) is 4.88. The van der Waals surface area contributed by atoms with Gasteiger partial charge in [-0.25, -0.2) is 9.38 Å². The summed E-state index contributed by atoms with van der Waals surface area (Å²) in [5.41, 5.74) is 9.74. The Hall–Kier alpha value is -3.15. The minimum absolute atomic E-state index is 0.129. The third kappa shape index (κ3) is 4.06. The Balaban J connectivity index is 1.84. The van der Waals surface area contributed by atoms with Crippen LogP contribution in [0.25, 0.3) is 11.1 Å². The van der Waals surface area contributed by atoms with E-state index >= 15 is 0 Å².